The molecular formula is C13H18N2O7. The van der Waals surface area contributed by atoms with E-state index in [2.05, 4.69) is 24.8 Å². The lowest BCUT2D eigenvalue weighted by Crippen LogP contribution is -2.46. The van der Waals surface area contributed by atoms with Crippen molar-refractivity contribution >= 4 is 23.8 Å². The molecular weight excluding hydrogens is 296 g/mol. The lowest BCUT2D eigenvalue weighted by molar-refractivity contribution is -0.147. The van der Waals surface area contributed by atoms with Crippen molar-refractivity contribution < 1.29 is 33.4 Å². The van der Waals surface area contributed by atoms with E-state index in [0.717, 1.165) is 20.3 Å². The predicted molar refractivity (Wildman–Crippen MR) is 72.2 cm³/mol. The minimum Gasteiger partial charge on any atom is -0.469 e. The zero-order valence-electron chi connectivity index (χ0n) is 12.5. The molecule has 122 valence electrons. The minimum absolute atomic E-state index is 0.378. The molecule has 9 nitrogen and oxygen atoms in total. The fourth-order valence-corrected chi connectivity index (χ4v) is 2.03. The van der Waals surface area contributed by atoms with E-state index in [9.17, 15) is 19.2 Å². The van der Waals surface area contributed by atoms with Crippen LogP contribution < -0.4 is 10.6 Å². The molecule has 1 rings (SSSR count). The number of carbonyl (C=O) groups excluding carboxylic acids is 4. The number of esters is 3. The van der Waals surface area contributed by atoms with E-state index in [1.54, 1.807) is 0 Å². The molecule has 0 aromatic rings. The highest BCUT2D eigenvalue weighted by molar-refractivity contribution is 6.01. The maximum Gasteiger partial charge on any atom is 0.354 e. The van der Waals surface area contributed by atoms with Gasteiger partial charge in [0.1, 0.15) is 11.7 Å². The first-order chi connectivity index (χ1) is 10.4. The summed E-state index contributed by atoms with van der Waals surface area (Å²) in [6, 6.07) is -0.863. The van der Waals surface area contributed by atoms with Crippen molar-refractivity contribution in [2.24, 2.45) is 5.92 Å². The van der Waals surface area contributed by atoms with E-state index in [-0.39, 0.29) is 5.70 Å². The number of rotatable bonds is 5. The molecule has 9 heteroatoms. The Balaban J connectivity index is 2.87. The molecule has 1 saturated heterocycles. The Kier molecular flexibility index (Phi) is 6.51. The number of methoxy groups -OCH3 is 3. The summed E-state index contributed by atoms with van der Waals surface area (Å²) in [4.78, 5) is 46.6. The maximum atomic E-state index is 12.2. The van der Waals surface area contributed by atoms with Crippen LogP contribution in [0.25, 0.3) is 0 Å². The van der Waals surface area contributed by atoms with Crippen molar-refractivity contribution in [1.29, 1.82) is 0 Å². The van der Waals surface area contributed by atoms with Crippen LogP contribution in [0.2, 0.25) is 0 Å². The topological polar surface area (TPSA) is 120 Å². The molecule has 2 atom stereocenters. The Labute approximate surface area is 127 Å². The van der Waals surface area contributed by atoms with Crippen molar-refractivity contribution in [1.82, 2.24) is 10.6 Å². The van der Waals surface area contributed by atoms with Crippen molar-refractivity contribution in [3.05, 3.63) is 11.8 Å². The van der Waals surface area contributed by atoms with Gasteiger partial charge in [0.2, 0.25) is 5.91 Å². The van der Waals surface area contributed by atoms with E-state index in [1.165, 1.54) is 7.11 Å². The summed E-state index contributed by atoms with van der Waals surface area (Å²) in [7, 11) is 3.46. The average molecular weight is 314 g/mol. The number of ether oxygens (including phenoxy) is 3. The minimum atomic E-state index is -0.911. The molecule has 0 radical (unpaired) electrons. The van der Waals surface area contributed by atoms with E-state index in [1.807, 2.05) is 0 Å². The predicted octanol–water partition coefficient (Wildman–Crippen LogP) is -1.52. The molecule has 0 aliphatic carbocycles. The monoisotopic (exact) mass is 314 g/mol. The van der Waals surface area contributed by atoms with E-state index in [0.29, 0.717) is 13.0 Å². The number of amides is 1. The summed E-state index contributed by atoms with van der Waals surface area (Å²) >= 11 is 0. The van der Waals surface area contributed by atoms with Crippen LogP contribution in [0.5, 0.6) is 0 Å². The average Bonchev–Trinajstić information content (AvgIpc) is 3.01. The molecule has 1 heterocycles. The number of hydrogen-bond donors (Lipinski definition) is 2. The third-order valence-corrected chi connectivity index (χ3v) is 3.13. The fraction of sp³-hybridized carbons (Fsp3) is 0.538. The van der Waals surface area contributed by atoms with Crippen LogP contribution in [0.1, 0.15) is 6.42 Å². The highest BCUT2D eigenvalue weighted by Gasteiger charge is 2.39. The highest BCUT2D eigenvalue weighted by Crippen LogP contribution is 2.17. The first-order valence-electron chi connectivity index (χ1n) is 6.44. The van der Waals surface area contributed by atoms with Gasteiger partial charge in [-0.1, -0.05) is 0 Å². The van der Waals surface area contributed by atoms with Gasteiger partial charge in [-0.2, -0.15) is 0 Å². The smallest absolute Gasteiger partial charge is 0.354 e. The zero-order valence-corrected chi connectivity index (χ0v) is 12.5. The van der Waals surface area contributed by atoms with Crippen LogP contribution in [0.15, 0.2) is 11.8 Å². The van der Waals surface area contributed by atoms with Gasteiger partial charge in [-0.3, -0.25) is 9.59 Å². The van der Waals surface area contributed by atoms with Crippen molar-refractivity contribution in [2.45, 2.75) is 12.5 Å². The molecule has 1 aliphatic rings. The SMILES string of the molecule is COC(=O)/C=C(/NC(=O)[C@H]1NCCC1C(=O)OC)C(=O)OC. The van der Waals surface area contributed by atoms with Gasteiger partial charge < -0.3 is 24.8 Å². The highest BCUT2D eigenvalue weighted by atomic mass is 16.5. The normalized spacial score (nSPS) is 21.0. The van der Waals surface area contributed by atoms with Crippen molar-refractivity contribution in [3.8, 4) is 0 Å². The summed E-state index contributed by atoms with van der Waals surface area (Å²) in [5.74, 6) is -3.58. The molecule has 0 aromatic heterocycles. The second-order valence-electron chi connectivity index (χ2n) is 4.41. The first kappa shape index (κ1) is 17.6. The number of hydrogen-bond acceptors (Lipinski definition) is 8. The van der Waals surface area contributed by atoms with Gasteiger partial charge in [-0.05, 0) is 13.0 Å². The number of carbonyl (C=O) groups is 4. The van der Waals surface area contributed by atoms with Gasteiger partial charge in [0.15, 0.2) is 0 Å². The summed E-state index contributed by atoms with van der Waals surface area (Å²) in [5, 5.41) is 5.10. The Morgan fingerprint density at radius 1 is 1.09 bits per heavy atom. The Morgan fingerprint density at radius 3 is 2.32 bits per heavy atom. The first-order valence-corrected chi connectivity index (χ1v) is 6.44. The summed E-state index contributed by atoms with van der Waals surface area (Å²) < 4.78 is 13.5. The molecule has 0 bridgehead atoms. The van der Waals surface area contributed by atoms with E-state index in [4.69, 9.17) is 0 Å². The lowest BCUT2D eigenvalue weighted by Gasteiger charge is -2.17. The van der Waals surface area contributed by atoms with Crippen LogP contribution in [0, 0.1) is 5.92 Å². The molecule has 22 heavy (non-hydrogen) atoms. The Morgan fingerprint density at radius 2 is 1.77 bits per heavy atom. The van der Waals surface area contributed by atoms with Crippen LogP contribution in [0.3, 0.4) is 0 Å². The van der Waals surface area contributed by atoms with Crippen LogP contribution in [-0.4, -0.2) is 57.7 Å². The second-order valence-corrected chi connectivity index (χ2v) is 4.41. The summed E-state index contributed by atoms with van der Waals surface area (Å²) in [6.07, 6.45) is 1.23. The molecule has 0 aromatic carbocycles. The Hall–Kier alpha value is -2.42. The van der Waals surface area contributed by atoms with Gasteiger partial charge in [-0.15, -0.1) is 0 Å². The van der Waals surface area contributed by atoms with Gasteiger partial charge in [-0.25, -0.2) is 9.59 Å². The summed E-state index contributed by atoms with van der Waals surface area (Å²) in [6.45, 7) is 0.451. The van der Waals surface area contributed by atoms with Gasteiger partial charge >= 0.3 is 17.9 Å². The third kappa shape index (κ3) is 4.29. The second kappa shape index (κ2) is 8.13. The van der Waals surface area contributed by atoms with Gasteiger partial charge in [0.05, 0.1) is 33.3 Å². The van der Waals surface area contributed by atoms with E-state index >= 15 is 0 Å². The molecule has 1 aliphatic heterocycles. The van der Waals surface area contributed by atoms with Gasteiger partial charge in [0, 0.05) is 0 Å². The van der Waals surface area contributed by atoms with Crippen LogP contribution in [0.4, 0.5) is 0 Å². The molecule has 2 N–H and O–H groups in total. The van der Waals surface area contributed by atoms with Crippen LogP contribution in [-0.2, 0) is 33.4 Å². The van der Waals surface area contributed by atoms with Crippen LogP contribution >= 0.6 is 0 Å². The van der Waals surface area contributed by atoms with E-state index < -0.39 is 35.8 Å². The van der Waals surface area contributed by atoms with Gasteiger partial charge in [0.25, 0.3) is 0 Å². The maximum absolute atomic E-state index is 12.2. The third-order valence-electron chi connectivity index (χ3n) is 3.13. The number of nitrogens with one attached hydrogen (secondary N) is 2. The molecule has 1 fully saturated rings. The lowest BCUT2D eigenvalue weighted by atomic mass is 10.0. The standard InChI is InChI=1S/C13H18N2O7/c1-20-9(16)6-8(13(19)22-3)15-11(17)10-7(4-5-14-10)12(18)21-2/h6-7,10,14H,4-5H2,1-3H3,(H,15,17)/b8-6+/t7?,10-/m0/s1. The molecule has 0 saturated carbocycles. The molecule has 1 amide bonds. The largest absolute Gasteiger partial charge is 0.469 e. The molecule has 1 unspecified atom stereocenters. The Bertz CT molecular complexity index is 501. The quantitative estimate of drug-likeness (QED) is 0.357. The zero-order chi connectivity index (χ0) is 16.7. The van der Waals surface area contributed by atoms with Crippen molar-refractivity contribution in [2.75, 3.05) is 27.9 Å². The summed E-state index contributed by atoms with van der Waals surface area (Å²) in [5.41, 5.74) is -0.378. The molecule has 0 spiro atoms. The van der Waals surface area contributed by atoms with Crippen molar-refractivity contribution in [3.63, 3.8) is 0 Å². The fourth-order valence-electron chi connectivity index (χ4n) is 2.03.